The summed E-state index contributed by atoms with van der Waals surface area (Å²) in [5.41, 5.74) is 1.27. The molecule has 2 rings (SSSR count). The van der Waals surface area contributed by atoms with E-state index in [2.05, 4.69) is 22.8 Å². The van der Waals surface area contributed by atoms with Gasteiger partial charge in [0.05, 0.1) is 6.04 Å². The minimum atomic E-state index is 0. The Hall–Kier alpha value is -1.06. The molecule has 0 bridgehead atoms. The molecule has 1 unspecified atom stereocenters. The van der Waals surface area contributed by atoms with Crippen molar-refractivity contribution in [2.75, 3.05) is 13.1 Å². The van der Waals surface area contributed by atoms with E-state index in [1.54, 1.807) is 0 Å². The van der Waals surface area contributed by atoms with Gasteiger partial charge in [-0.25, -0.2) is 0 Å². The molecule has 1 atom stereocenters. The molecule has 0 spiro atoms. The Morgan fingerprint density at radius 2 is 2.12 bits per heavy atom. The van der Waals surface area contributed by atoms with Crippen molar-refractivity contribution in [3.05, 3.63) is 35.9 Å². The summed E-state index contributed by atoms with van der Waals surface area (Å²) in [5.74, 6) is 0.147. The highest BCUT2D eigenvalue weighted by Crippen LogP contribution is 2.04. The molecule has 1 amide bonds. The van der Waals surface area contributed by atoms with Crippen LogP contribution in [0, 0.1) is 0 Å². The van der Waals surface area contributed by atoms with Gasteiger partial charge in [0.2, 0.25) is 5.91 Å². The third-order valence-electron chi connectivity index (χ3n) is 2.93. The van der Waals surface area contributed by atoms with Crippen molar-refractivity contribution in [2.24, 2.45) is 0 Å². The van der Waals surface area contributed by atoms with Gasteiger partial charge in [-0.15, -0.1) is 12.4 Å². The summed E-state index contributed by atoms with van der Waals surface area (Å²) < 4.78 is 0. The van der Waals surface area contributed by atoms with Gasteiger partial charge in [-0.3, -0.25) is 4.79 Å². The van der Waals surface area contributed by atoms with Gasteiger partial charge < -0.3 is 10.6 Å². The molecule has 17 heavy (non-hydrogen) atoms. The second kappa shape index (κ2) is 7.30. The number of benzene rings is 1. The van der Waals surface area contributed by atoms with E-state index < -0.39 is 0 Å². The standard InChI is InChI=1S/C13H18N2O.ClH/c16-13(12-7-4-9-14-12)15-10-8-11-5-2-1-3-6-11;/h1-3,5-6,12,14H,4,7-10H2,(H,15,16);1H. The number of carbonyl (C=O) groups excluding carboxylic acids is 1. The van der Waals surface area contributed by atoms with E-state index in [9.17, 15) is 4.79 Å². The van der Waals surface area contributed by atoms with Crippen molar-refractivity contribution in [3.8, 4) is 0 Å². The predicted molar refractivity (Wildman–Crippen MR) is 71.4 cm³/mol. The molecular weight excluding hydrogens is 236 g/mol. The molecule has 3 nitrogen and oxygen atoms in total. The van der Waals surface area contributed by atoms with Gasteiger partial charge in [-0.1, -0.05) is 30.3 Å². The lowest BCUT2D eigenvalue weighted by molar-refractivity contribution is -0.122. The SMILES string of the molecule is Cl.O=C(NCCc1ccccc1)C1CCCN1. The Labute approximate surface area is 108 Å². The molecule has 0 aromatic heterocycles. The van der Waals surface area contributed by atoms with Crippen LogP contribution in [-0.4, -0.2) is 25.0 Å². The molecule has 1 aliphatic heterocycles. The van der Waals surface area contributed by atoms with Crippen LogP contribution >= 0.6 is 12.4 Å². The fourth-order valence-corrected chi connectivity index (χ4v) is 2.01. The van der Waals surface area contributed by atoms with Crippen molar-refractivity contribution in [3.63, 3.8) is 0 Å². The van der Waals surface area contributed by atoms with Gasteiger partial charge in [0.1, 0.15) is 0 Å². The zero-order chi connectivity index (χ0) is 11.2. The molecular formula is C13H19ClN2O. The lowest BCUT2D eigenvalue weighted by Crippen LogP contribution is -2.41. The highest BCUT2D eigenvalue weighted by atomic mass is 35.5. The van der Waals surface area contributed by atoms with Crippen LogP contribution in [0.3, 0.4) is 0 Å². The second-order valence-electron chi connectivity index (χ2n) is 4.18. The largest absolute Gasteiger partial charge is 0.354 e. The summed E-state index contributed by atoms with van der Waals surface area (Å²) in [6.07, 6.45) is 2.98. The van der Waals surface area contributed by atoms with Crippen LogP contribution in [0.15, 0.2) is 30.3 Å². The van der Waals surface area contributed by atoms with E-state index in [0.29, 0.717) is 0 Å². The Morgan fingerprint density at radius 3 is 2.76 bits per heavy atom. The molecule has 0 aliphatic carbocycles. The third kappa shape index (κ3) is 4.36. The molecule has 0 radical (unpaired) electrons. The van der Waals surface area contributed by atoms with Crippen molar-refractivity contribution < 1.29 is 4.79 Å². The van der Waals surface area contributed by atoms with Gasteiger partial charge in [0, 0.05) is 6.54 Å². The zero-order valence-electron chi connectivity index (χ0n) is 9.82. The smallest absolute Gasteiger partial charge is 0.237 e. The molecule has 4 heteroatoms. The molecule has 1 aliphatic rings. The predicted octanol–water partition coefficient (Wildman–Crippen LogP) is 1.52. The van der Waals surface area contributed by atoms with Gasteiger partial charge >= 0.3 is 0 Å². The number of amides is 1. The van der Waals surface area contributed by atoms with Crippen LogP contribution in [0.4, 0.5) is 0 Å². The Morgan fingerprint density at radius 1 is 1.35 bits per heavy atom. The first-order valence-corrected chi connectivity index (χ1v) is 5.91. The number of halogens is 1. The number of rotatable bonds is 4. The molecule has 1 heterocycles. The summed E-state index contributed by atoms with van der Waals surface area (Å²) in [6, 6.07) is 10.3. The molecule has 1 aromatic carbocycles. The molecule has 0 saturated carbocycles. The lowest BCUT2D eigenvalue weighted by atomic mass is 10.1. The number of hydrogen-bond donors (Lipinski definition) is 2. The normalized spacial score (nSPS) is 18.5. The fraction of sp³-hybridized carbons (Fsp3) is 0.462. The lowest BCUT2D eigenvalue weighted by Gasteiger charge is -2.10. The van der Waals surface area contributed by atoms with Crippen molar-refractivity contribution in [1.29, 1.82) is 0 Å². The van der Waals surface area contributed by atoms with E-state index >= 15 is 0 Å². The van der Waals surface area contributed by atoms with Crippen molar-refractivity contribution in [2.45, 2.75) is 25.3 Å². The van der Waals surface area contributed by atoms with Gasteiger partial charge in [-0.05, 0) is 31.4 Å². The molecule has 2 N–H and O–H groups in total. The second-order valence-corrected chi connectivity index (χ2v) is 4.18. The van der Waals surface area contributed by atoms with Crippen LogP contribution in [-0.2, 0) is 11.2 Å². The highest BCUT2D eigenvalue weighted by molar-refractivity contribution is 5.85. The van der Waals surface area contributed by atoms with E-state index in [4.69, 9.17) is 0 Å². The monoisotopic (exact) mass is 254 g/mol. The van der Waals surface area contributed by atoms with Crippen LogP contribution in [0.25, 0.3) is 0 Å². The highest BCUT2D eigenvalue weighted by Gasteiger charge is 2.20. The van der Waals surface area contributed by atoms with Gasteiger partial charge in [0.25, 0.3) is 0 Å². The average Bonchev–Trinajstić information content (AvgIpc) is 2.84. The van der Waals surface area contributed by atoms with Crippen molar-refractivity contribution in [1.82, 2.24) is 10.6 Å². The van der Waals surface area contributed by atoms with Crippen LogP contribution in [0.2, 0.25) is 0 Å². The molecule has 1 fully saturated rings. The number of carbonyl (C=O) groups is 1. The maximum absolute atomic E-state index is 11.7. The fourth-order valence-electron chi connectivity index (χ4n) is 2.01. The van der Waals surface area contributed by atoms with Crippen molar-refractivity contribution >= 4 is 18.3 Å². The van der Waals surface area contributed by atoms with E-state index in [0.717, 1.165) is 32.4 Å². The first-order chi connectivity index (χ1) is 7.86. The summed E-state index contributed by atoms with van der Waals surface area (Å²) in [7, 11) is 0. The summed E-state index contributed by atoms with van der Waals surface area (Å²) in [4.78, 5) is 11.7. The zero-order valence-corrected chi connectivity index (χ0v) is 10.6. The Kier molecular flexibility index (Phi) is 6.01. The van der Waals surface area contributed by atoms with Crippen LogP contribution in [0.5, 0.6) is 0 Å². The summed E-state index contributed by atoms with van der Waals surface area (Å²) in [5, 5.41) is 6.16. The maximum atomic E-state index is 11.7. The van der Waals surface area contributed by atoms with E-state index in [-0.39, 0.29) is 24.4 Å². The van der Waals surface area contributed by atoms with Crippen LogP contribution in [0.1, 0.15) is 18.4 Å². The van der Waals surface area contributed by atoms with E-state index in [1.165, 1.54) is 5.56 Å². The van der Waals surface area contributed by atoms with Gasteiger partial charge in [0.15, 0.2) is 0 Å². The summed E-state index contributed by atoms with van der Waals surface area (Å²) in [6.45, 7) is 1.69. The third-order valence-corrected chi connectivity index (χ3v) is 2.93. The minimum absolute atomic E-state index is 0. The average molecular weight is 255 g/mol. The minimum Gasteiger partial charge on any atom is -0.354 e. The molecule has 94 valence electrons. The number of hydrogen-bond acceptors (Lipinski definition) is 2. The summed E-state index contributed by atoms with van der Waals surface area (Å²) >= 11 is 0. The Bertz CT molecular complexity index is 337. The van der Waals surface area contributed by atoms with Gasteiger partial charge in [-0.2, -0.15) is 0 Å². The number of nitrogens with one attached hydrogen (secondary N) is 2. The quantitative estimate of drug-likeness (QED) is 0.856. The topological polar surface area (TPSA) is 41.1 Å². The first-order valence-electron chi connectivity index (χ1n) is 5.91. The Balaban J connectivity index is 0.00000144. The first kappa shape index (κ1) is 14.0. The molecule has 1 aromatic rings. The van der Waals surface area contributed by atoms with E-state index in [1.807, 2.05) is 18.2 Å². The maximum Gasteiger partial charge on any atom is 0.237 e. The molecule has 1 saturated heterocycles. The van der Waals surface area contributed by atoms with Crippen LogP contribution < -0.4 is 10.6 Å².